The van der Waals surface area contributed by atoms with Crippen molar-refractivity contribution in [1.82, 2.24) is 4.72 Å². The van der Waals surface area contributed by atoms with Crippen molar-refractivity contribution in [3.8, 4) is 0 Å². The molecule has 1 aliphatic rings. The maximum atomic E-state index is 13.7. The summed E-state index contributed by atoms with van der Waals surface area (Å²) >= 11 is 0. The molecule has 1 fully saturated rings. The van der Waals surface area contributed by atoms with Crippen LogP contribution < -0.4 is 4.72 Å². The van der Waals surface area contributed by atoms with E-state index in [2.05, 4.69) is 11.6 Å². The van der Waals surface area contributed by atoms with Gasteiger partial charge in [-0.3, -0.25) is 0 Å². The maximum Gasteiger partial charge on any atom is 0.243 e. The summed E-state index contributed by atoms with van der Waals surface area (Å²) in [6, 6.07) is 4.08. The van der Waals surface area contributed by atoms with E-state index in [1.807, 2.05) is 0 Å². The van der Waals surface area contributed by atoms with Gasteiger partial charge in [-0.05, 0) is 56.2 Å². The Hall–Kier alpha value is -0.940. The molecule has 1 N–H and O–H groups in total. The first-order valence-electron chi connectivity index (χ1n) is 6.67. The standard InChI is InChI=1S/C14H20FNO2S/c1-10-3-6-12(7-4-10)16-19(17,18)14-9-11(2)5-8-13(14)15/h5,8-10,12,16H,3-4,6-7H2,1-2H3. The highest BCUT2D eigenvalue weighted by molar-refractivity contribution is 7.89. The van der Waals surface area contributed by atoms with E-state index in [1.54, 1.807) is 13.0 Å². The second kappa shape index (κ2) is 5.59. The normalized spacial score (nSPS) is 24.4. The van der Waals surface area contributed by atoms with Crippen molar-refractivity contribution >= 4 is 10.0 Å². The Morgan fingerprint density at radius 3 is 2.47 bits per heavy atom. The van der Waals surface area contributed by atoms with Crippen LogP contribution in [0.15, 0.2) is 23.1 Å². The van der Waals surface area contributed by atoms with Crippen molar-refractivity contribution in [2.45, 2.75) is 50.5 Å². The average molecular weight is 285 g/mol. The zero-order valence-electron chi connectivity index (χ0n) is 11.3. The van der Waals surface area contributed by atoms with Crippen LogP contribution in [0.3, 0.4) is 0 Å². The quantitative estimate of drug-likeness (QED) is 0.928. The molecule has 0 atom stereocenters. The average Bonchev–Trinajstić information content (AvgIpc) is 2.35. The first-order valence-corrected chi connectivity index (χ1v) is 8.15. The van der Waals surface area contributed by atoms with Crippen molar-refractivity contribution in [3.63, 3.8) is 0 Å². The number of rotatable bonds is 3. The Balaban J connectivity index is 2.16. The van der Waals surface area contributed by atoms with Crippen molar-refractivity contribution in [2.75, 3.05) is 0 Å². The summed E-state index contributed by atoms with van der Waals surface area (Å²) in [5, 5.41) is 0. The van der Waals surface area contributed by atoms with Crippen LogP contribution in [0.25, 0.3) is 0 Å². The molecule has 2 rings (SSSR count). The summed E-state index contributed by atoms with van der Waals surface area (Å²) in [4.78, 5) is -0.244. The number of hydrogen-bond acceptors (Lipinski definition) is 2. The van der Waals surface area contributed by atoms with Crippen LogP contribution >= 0.6 is 0 Å². The molecule has 1 aromatic carbocycles. The molecule has 0 amide bonds. The molecule has 19 heavy (non-hydrogen) atoms. The molecule has 1 aromatic rings. The van der Waals surface area contributed by atoms with Gasteiger partial charge in [0.2, 0.25) is 10.0 Å². The van der Waals surface area contributed by atoms with Crippen LogP contribution in [0, 0.1) is 18.7 Å². The van der Waals surface area contributed by atoms with E-state index in [-0.39, 0.29) is 10.9 Å². The van der Waals surface area contributed by atoms with Gasteiger partial charge in [-0.2, -0.15) is 0 Å². The topological polar surface area (TPSA) is 46.2 Å². The SMILES string of the molecule is Cc1ccc(F)c(S(=O)(=O)NC2CCC(C)CC2)c1. The number of halogens is 1. The summed E-state index contributed by atoms with van der Waals surface area (Å²) in [5.74, 6) is -0.0428. The van der Waals surface area contributed by atoms with Crippen LogP contribution in [0.5, 0.6) is 0 Å². The summed E-state index contributed by atoms with van der Waals surface area (Å²) in [7, 11) is -3.76. The van der Waals surface area contributed by atoms with Crippen molar-refractivity contribution in [2.24, 2.45) is 5.92 Å². The monoisotopic (exact) mass is 285 g/mol. The fourth-order valence-electron chi connectivity index (χ4n) is 2.48. The van der Waals surface area contributed by atoms with Crippen molar-refractivity contribution in [3.05, 3.63) is 29.6 Å². The van der Waals surface area contributed by atoms with E-state index in [0.717, 1.165) is 31.2 Å². The molecule has 106 valence electrons. The van der Waals surface area contributed by atoms with Crippen molar-refractivity contribution in [1.29, 1.82) is 0 Å². The first-order chi connectivity index (χ1) is 8.88. The van der Waals surface area contributed by atoms with Gasteiger partial charge in [0.25, 0.3) is 0 Å². The molecule has 0 spiro atoms. The first kappa shape index (κ1) is 14.5. The molecular formula is C14H20FNO2S. The predicted molar refractivity (Wildman–Crippen MR) is 72.9 cm³/mol. The molecule has 0 heterocycles. The molecule has 0 unspecified atom stereocenters. The van der Waals surface area contributed by atoms with Crippen LogP contribution in [0.4, 0.5) is 4.39 Å². The Morgan fingerprint density at radius 2 is 1.84 bits per heavy atom. The molecule has 0 bridgehead atoms. The molecule has 5 heteroatoms. The highest BCUT2D eigenvalue weighted by Crippen LogP contribution is 2.25. The van der Waals surface area contributed by atoms with Crippen LogP contribution in [-0.2, 0) is 10.0 Å². The van der Waals surface area contributed by atoms with E-state index in [1.165, 1.54) is 12.1 Å². The van der Waals surface area contributed by atoms with Gasteiger partial charge in [0.15, 0.2) is 0 Å². The van der Waals surface area contributed by atoms with E-state index >= 15 is 0 Å². The molecular weight excluding hydrogens is 265 g/mol. The number of sulfonamides is 1. The second-order valence-corrected chi connectivity index (χ2v) is 7.19. The molecule has 0 aromatic heterocycles. The van der Waals surface area contributed by atoms with E-state index in [9.17, 15) is 12.8 Å². The predicted octanol–water partition coefficient (Wildman–Crippen LogP) is 2.99. The zero-order chi connectivity index (χ0) is 14.0. The minimum Gasteiger partial charge on any atom is -0.208 e. The Labute approximate surface area is 114 Å². The lowest BCUT2D eigenvalue weighted by Gasteiger charge is -2.26. The molecule has 1 aliphatic carbocycles. The third-order valence-electron chi connectivity index (χ3n) is 3.71. The minimum atomic E-state index is -3.76. The van der Waals surface area contributed by atoms with Gasteiger partial charge in [0.1, 0.15) is 10.7 Å². The van der Waals surface area contributed by atoms with Gasteiger partial charge in [-0.25, -0.2) is 17.5 Å². The lowest BCUT2D eigenvalue weighted by atomic mass is 9.88. The number of aryl methyl sites for hydroxylation is 1. The van der Waals surface area contributed by atoms with Gasteiger partial charge in [-0.15, -0.1) is 0 Å². The number of hydrogen-bond donors (Lipinski definition) is 1. The smallest absolute Gasteiger partial charge is 0.208 e. The fraction of sp³-hybridized carbons (Fsp3) is 0.571. The van der Waals surface area contributed by atoms with E-state index in [4.69, 9.17) is 0 Å². The Morgan fingerprint density at radius 1 is 1.21 bits per heavy atom. The van der Waals surface area contributed by atoms with Gasteiger partial charge < -0.3 is 0 Å². The lowest BCUT2D eigenvalue weighted by molar-refractivity contribution is 0.332. The third kappa shape index (κ3) is 3.54. The summed E-state index contributed by atoms with van der Waals surface area (Å²) in [5.41, 5.74) is 0.735. The Kier molecular flexibility index (Phi) is 4.26. The van der Waals surface area contributed by atoms with Gasteiger partial charge in [0, 0.05) is 6.04 Å². The van der Waals surface area contributed by atoms with Crippen LogP contribution in [-0.4, -0.2) is 14.5 Å². The molecule has 0 saturated heterocycles. The van der Waals surface area contributed by atoms with Crippen molar-refractivity contribution < 1.29 is 12.8 Å². The van der Waals surface area contributed by atoms with Gasteiger partial charge >= 0.3 is 0 Å². The summed E-state index contributed by atoms with van der Waals surface area (Å²) in [6.07, 6.45) is 3.69. The largest absolute Gasteiger partial charge is 0.243 e. The van der Waals surface area contributed by atoms with E-state index in [0.29, 0.717) is 5.92 Å². The van der Waals surface area contributed by atoms with Crippen LogP contribution in [0.2, 0.25) is 0 Å². The fourth-order valence-corrected chi connectivity index (χ4v) is 3.94. The number of nitrogens with one attached hydrogen (secondary N) is 1. The minimum absolute atomic E-state index is 0.0684. The third-order valence-corrected chi connectivity index (χ3v) is 5.25. The van der Waals surface area contributed by atoms with Crippen LogP contribution in [0.1, 0.15) is 38.2 Å². The lowest BCUT2D eigenvalue weighted by Crippen LogP contribution is -2.37. The number of benzene rings is 1. The highest BCUT2D eigenvalue weighted by Gasteiger charge is 2.26. The second-order valence-electron chi connectivity index (χ2n) is 5.51. The zero-order valence-corrected chi connectivity index (χ0v) is 12.1. The molecule has 0 radical (unpaired) electrons. The maximum absolute atomic E-state index is 13.7. The van der Waals surface area contributed by atoms with Gasteiger partial charge in [0.05, 0.1) is 0 Å². The summed E-state index contributed by atoms with van der Waals surface area (Å²) < 4.78 is 40.7. The summed E-state index contributed by atoms with van der Waals surface area (Å²) in [6.45, 7) is 3.92. The van der Waals surface area contributed by atoms with Gasteiger partial charge in [-0.1, -0.05) is 13.0 Å². The van der Waals surface area contributed by atoms with E-state index < -0.39 is 15.8 Å². The Bertz CT molecular complexity index is 549. The highest BCUT2D eigenvalue weighted by atomic mass is 32.2. The molecule has 1 saturated carbocycles. The molecule has 3 nitrogen and oxygen atoms in total. The molecule has 0 aliphatic heterocycles.